The van der Waals surface area contributed by atoms with Gasteiger partial charge in [0.15, 0.2) is 5.69 Å². The van der Waals surface area contributed by atoms with E-state index >= 15 is 0 Å². The Morgan fingerprint density at radius 1 is 1.47 bits per heavy atom. The molecule has 6 heteroatoms. The Balaban J connectivity index is 1.88. The van der Waals surface area contributed by atoms with Crippen LogP contribution in [-0.2, 0) is 0 Å². The van der Waals surface area contributed by atoms with E-state index in [9.17, 15) is 4.79 Å². The van der Waals surface area contributed by atoms with Crippen molar-refractivity contribution in [2.24, 2.45) is 0 Å². The summed E-state index contributed by atoms with van der Waals surface area (Å²) in [4.78, 5) is 14.2. The zero-order chi connectivity index (χ0) is 13.2. The summed E-state index contributed by atoms with van der Waals surface area (Å²) in [7, 11) is 0. The van der Waals surface area contributed by atoms with Gasteiger partial charge in [-0.2, -0.15) is 15.4 Å². The van der Waals surface area contributed by atoms with Gasteiger partial charge in [0.2, 0.25) is 0 Å². The maximum Gasteiger partial charge on any atom is 0.276 e. The van der Waals surface area contributed by atoms with Crippen molar-refractivity contribution in [1.82, 2.24) is 20.3 Å². The Hall–Kier alpha value is -1.69. The van der Waals surface area contributed by atoms with Gasteiger partial charge in [-0.3, -0.25) is 4.79 Å². The highest BCUT2D eigenvalue weighted by Crippen LogP contribution is 2.33. The lowest BCUT2D eigenvalue weighted by Gasteiger charge is -2.24. The standard InChI is InChI=1S/C13H13BrN4O/c14-10-4-1-3-9(7-10)12-5-2-6-18(12)13(19)11-8-15-17-16-11/h1,3-4,7-8,12H,2,5-6H2,(H,15,16,17). The van der Waals surface area contributed by atoms with Crippen molar-refractivity contribution in [3.05, 3.63) is 46.2 Å². The van der Waals surface area contributed by atoms with Crippen LogP contribution in [0.3, 0.4) is 0 Å². The van der Waals surface area contributed by atoms with Crippen molar-refractivity contribution in [1.29, 1.82) is 0 Å². The number of carbonyl (C=O) groups excluding carboxylic acids is 1. The highest BCUT2D eigenvalue weighted by molar-refractivity contribution is 9.10. The predicted molar refractivity (Wildman–Crippen MR) is 73.5 cm³/mol. The summed E-state index contributed by atoms with van der Waals surface area (Å²) in [5.74, 6) is -0.0591. The first-order chi connectivity index (χ1) is 9.25. The zero-order valence-corrected chi connectivity index (χ0v) is 11.8. The molecular formula is C13H13BrN4O. The van der Waals surface area contributed by atoms with Gasteiger partial charge in [-0.25, -0.2) is 0 Å². The van der Waals surface area contributed by atoms with Gasteiger partial charge in [0, 0.05) is 11.0 Å². The molecule has 0 radical (unpaired) electrons. The van der Waals surface area contributed by atoms with Crippen LogP contribution in [0.4, 0.5) is 0 Å². The van der Waals surface area contributed by atoms with Crippen LogP contribution in [-0.4, -0.2) is 32.8 Å². The maximum absolute atomic E-state index is 12.4. The molecule has 3 rings (SSSR count). The number of aromatic amines is 1. The Bertz CT molecular complexity index is 584. The molecular weight excluding hydrogens is 308 g/mol. The molecule has 1 saturated heterocycles. The molecule has 98 valence electrons. The fraction of sp³-hybridized carbons (Fsp3) is 0.308. The lowest BCUT2D eigenvalue weighted by atomic mass is 10.0. The molecule has 1 aliphatic heterocycles. The molecule has 1 aromatic heterocycles. The Morgan fingerprint density at radius 2 is 2.37 bits per heavy atom. The second kappa shape index (κ2) is 5.13. The fourth-order valence-electron chi connectivity index (χ4n) is 2.52. The number of rotatable bonds is 2. The van der Waals surface area contributed by atoms with Gasteiger partial charge in [0.1, 0.15) is 0 Å². The highest BCUT2D eigenvalue weighted by Gasteiger charge is 2.31. The second-order valence-electron chi connectivity index (χ2n) is 4.57. The van der Waals surface area contributed by atoms with E-state index in [0.29, 0.717) is 5.69 Å². The maximum atomic E-state index is 12.4. The van der Waals surface area contributed by atoms with Crippen LogP contribution < -0.4 is 0 Å². The zero-order valence-electron chi connectivity index (χ0n) is 10.2. The van der Waals surface area contributed by atoms with Crippen molar-refractivity contribution in [3.8, 4) is 0 Å². The van der Waals surface area contributed by atoms with Gasteiger partial charge in [0.25, 0.3) is 5.91 Å². The van der Waals surface area contributed by atoms with Crippen LogP contribution in [0, 0.1) is 0 Å². The number of amides is 1. The molecule has 1 aromatic carbocycles. The molecule has 0 saturated carbocycles. The minimum Gasteiger partial charge on any atom is -0.330 e. The number of nitrogens with zero attached hydrogens (tertiary/aromatic N) is 3. The smallest absolute Gasteiger partial charge is 0.276 e. The number of benzene rings is 1. The molecule has 1 amide bonds. The van der Waals surface area contributed by atoms with E-state index < -0.39 is 0 Å². The molecule has 1 atom stereocenters. The topological polar surface area (TPSA) is 61.9 Å². The monoisotopic (exact) mass is 320 g/mol. The minimum absolute atomic E-state index is 0.0591. The van der Waals surface area contributed by atoms with Gasteiger partial charge in [0.05, 0.1) is 12.2 Å². The molecule has 2 heterocycles. The van der Waals surface area contributed by atoms with Gasteiger partial charge < -0.3 is 4.90 Å². The normalized spacial score (nSPS) is 18.8. The minimum atomic E-state index is -0.0591. The number of likely N-dealkylation sites (tertiary alicyclic amines) is 1. The number of hydrogen-bond acceptors (Lipinski definition) is 3. The summed E-state index contributed by atoms with van der Waals surface area (Å²) >= 11 is 3.47. The van der Waals surface area contributed by atoms with Crippen molar-refractivity contribution >= 4 is 21.8 Å². The van der Waals surface area contributed by atoms with Crippen molar-refractivity contribution in [2.45, 2.75) is 18.9 Å². The Labute approximate surface area is 119 Å². The third kappa shape index (κ3) is 2.40. The molecule has 0 spiro atoms. The highest BCUT2D eigenvalue weighted by atomic mass is 79.9. The number of carbonyl (C=O) groups is 1. The summed E-state index contributed by atoms with van der Waals surface area (Å²) in [6, 6.07) is 8.24. The lowest BCUT2D eigenvalue weighted by Crippen LogP contribution is -2.30. The molecule has 1 aliphatic rings. The quantitative estimate of drug-likeness (QED) is 0.925. The number of aromatic nitrogens is 3. The van der Waals surface area contributed by atoms with Crippen molar-refractivity contribution in [3.63, 3.8) is 0 Å². The lowest BCUT2D eigenvalue weighted by molar-refractivity contribution is 0.0729. The molecule has 19 heavy (non-hydrogen) atoms. The van der Waals surface area contributed by atoms with Crippen LogP contribution in [0.1, 0.15) is 34.9 Å². The molecule has 2 aromatic rings. The fourth-order valence-corrected chi connectivity index (χ4v) is 2.94. The average molecular weight is 321 g/mol. The largest absolute Gasteiger partial charge is 0.330 e. The van der Waals surface area contributed by atoms with E-state index in [4.69, 9.17) is 0 Å². The van der Waals surface area contributed by atoms with Gasteiger partial charge in [-0.15, -0.1) is 0 Å². The van der Waals surface area contributed by atoms with Crippen molar-refractivity contribution in [2.75, 3.05) is 6.54 Å². The van der Waals surface area contributed by atoms with Crippen LogP contribution in [0.25, 0.3) is 0 Å². The number of nitrogens with one attached hydrogen (secondary N) is 1. The average Bonchev–Trinajstić information content (AvgIpc) is 3.09. The van der Waals surface area contributed by atoms with Crippen LogP contribution >= 0.6 is 15.9 Å². The molecule has 1 N–H and O–H groups in total. The summed E-state index contributed by atoms with van der Waals surface area (Å²) < 4.78 is 1.03. The third-order valence-electron chi connectivity index (χ3n) is 3.38. The van der Waals surface area contributed by atoms with E-state index in [1.54, 1.807) is 0 Å². The van der Waals surface area contributed by atoms with E-state index in [0.717, 1.165) is 29.4 Å². The summed E-state index contributed by atoms with van der Waals surface area (Å²) in [5, 5.41) is 10.0. The number of halogens is 1. The van der Waals surface area contributed by atoms with Gasteiger partial charge in [-0.05, 0) is 30.5 Å². The first kappa shape index (κ1) is 12.3. The molecule has 0 aliphatic carbocycles. The van der Waals surface area contributed by atoms with Crippen LogP contribution in [0.5, 0.6) is 0 Å². The number of H-pyrrole nitrogens is 1. The van der Waals surface area contributed by atoms with E-state index in [-0.39, 0.29) is 11.9 Å². The van der Waals surface area contributed by atoms with E-state index in [2.05, 4.69) is 43.5 Å². The molecule has 1 fully saturated rings. The van der Waals surface area contributed by atoms with Crippen LogP contribution in [0.15, 0.2) is 34.9 Å². The third-order valence-corrected chi connectivity index (χ3v) is 3.87. The van der Waals surface area contributed by atoms with Gasteiger partial charge >= 0.3 is 0 Å². The van der Waals surface area contributed by atoms with E-state index in [1.165, 1.54) is 6.20 Å². The molecule has 5 nitrogen and oxygen atoms in total. The first-order valence-corrected chi connectivity index (χ1v) is 6.97. The molecule has 1 unspecified atom stereocenters. The second-order valence-corrected chi connectivity index (χ2v) is 5.48. The Kier molecular flexibility index (Phi) is 3.33. The van der Waals surface area contributed by atoms with Crippen molar-refractivity contribution < 1.29 is 4.79 Å². The van der Waals surface area contributed by atoms with E-state index in [1.807, 2.05) is 17.0 Å². The van der Waals surface area contributed by atoms with Crippen LogP contribution in [0.2, 0.25) is 0 Å². The summed E-state index contributed by atoms with van der Waals surface area (Å²) in [5.41, 5.74) is 1.53. The SMILES string of the molecule is O=C(c1cn[nH]n1)N1CCCC1c1cccc(Br)c1. The summed E-state index contributed by atoms with van der Waals surface area (Å²) in [6.45, 7) is 0.767. The molecule has 0 bridgehead atoms. The first-order valence-electron chi connectivity index (χ1n) is 6.18. The summed E-state index contributed by atoms with van der Waals surface area (Å²) in [6.07, 6.45) is 3.47. The predicted octanol–water partition coefficient (Wildman–Crippen LogP) is 2.54. The number of hydrogen-bond donors (Lipinski definition) is 1. The Morgan fingerprint density at radius 3 is 3.11 bits per heavy atom. The van der Waals surface area contributed by atoms with Gasteiger partial charge in [-0.1, -0.05) is 28.1 Å².